The predicted octanol–water partition coefficient (Wildman–Crippen LogP) is 2.76. The van der Waals surface area contributed by atoms with E-state index in [0.717, 1.165) is 12.8 Å². The molecule has 2 N–H and O–H groups in total. The van der Waals surface area contributed by atoms with Crippen LogP contribution in [0.25, 0.3) is 0 Å². The van der Waals surface area contributed by atoms with Crippen LogP contribution in [0.2, 0.25) is 0 Å². The summed E-state index contributed by atoms with van der Waals surface area (Å²) in [5.74, 6) is -3.67. The van der Waals surface area contributed by atoms with Crippen molar-refractivity contribution in [3.63, 3.8) is 0 Å². The molecule has 0 aromatic carbocycles. The summed E-state index contributed by atoms with van der Waals surface area (Å²) >= 11 is 0. The number of rotatable bonds is 10. The second kappa shape index (κ2) is 12.2. The van der Waals surface area contributed by atoms with Gasteiger partial charge in [0.15, 0.2) is 5.92 Å². The van der Waals surface area contributed by atoms with E-state index in [2.05, 4.69) is 6.92 Å². The van der Waals surface area contributed by atoms with Crippen molar-refractivity contribution in [2.75, 3.05) is 0 Å². The van der Waals surface area contributed by atoms with E-state index >= 15 is 0 Å². The molecule has 17 heavy (non-hydrogen) atoms. The van der Waals surface area contributed by atoms with Gasteiger partial charge in [0.05, 0.1) is 0 Å². The molecule has 0 fully saturated rings. The van der Waals surface area contributed by atoms with Gasteiger partial charge in [0.2, 0.25) is 0 Å². The van der Waals surface area contributed by atoms with E-state index in [1.807, 2.05) is 0 Å². The quantitative estimate of drug-likeness (QED) is 0.358. The summed E-state index contributed by atoms with van der Waals surface area (Å²) in [6.45, 7) is 2.16. The molecule has 0 saturated carbocycles. The third kappa shape index (κ3) is 10.6. The number of hydrogen-bond acceptors (Lipinski definition) is 2. The fourth-order valence-electron chi connectivity index (χ4n) is 1.66. The van der Waals surface area contributed by atoms with Gasteiger partial charge in [-0.25, -0.2) is 0 Å². The van der Waals surface area contributed by atoms with Gasteiger partial charge in [-0.2, -0.15) is 0 Å². The Bertz CT molecular complexity index is 214. The fraction of sp³-hybridized carbons (Fsp3) is 0.833. The van der Waals surface area contributed by atoms with Gasteiger partial charge in [0.25, 0.3) is 0 Å². The minimum Gasteiger partial charge on any atom is -1.00 e. The molecule has 0 aliphatic carbocycles. The molecule has 0 spiro atoms. The molecule has 0 aromatic rings. The standard InChI is InChI=1S/C12H22O4.Mg.2H/c1-2-3-4-5-6-7-8-9-10(11(13)14)12(15)16;;;/h10H,2-9H2,1H3,(H,13,14)(H,15,16);;;/q;+2;2*-1. The Morgan fingerprint density at radius 1 is 0.941 bits per heavy atom. The molecule has 0 heterocycles. The maximum absolute atomic E-state index is 10.6. The van der Waals surface area contributed by atoms with Crippen molar-refractivity contribution in [3.8, 4) is 0 Å². The molecule has 0 amide bonds. The summed E-state index contributed by atoms with van der Waals surface area (Å²) in [6, 6.07) is 0. The summed E-state index contributed by atoms with van der Waals surface area (Å²) in [5.41, 5.74) is 0. The van der Waals surface area contributed by atoms with E-state index < -0.39 is 17.9 Å². The van der Waals surface area contributed by atoms with Crippen molar-refractivity contribution in [1.29, 1.82) is 0 Å². The van der Waals surface area contributed by atoms with Crippen LogP contribution in [0.1, 0.15) is 61.1 Å². The zero-order valence-corrected chi connectivity index (χ0v) is 12.1. The Balaban J connectivity index is -0.000000375. The van der Waals surface area contributed by atoms with Crippen LogP contribution in [0.3, 0.4) is 0 Å². The topological polar surface area (TPSA) is 74.6 Å². The molecule has 5 heteroatoms. The van der Waals surface area contributed by atoms with Crippen LogP contribution in [0.5, 0.6) is 0 Å². The third-order valence-corrected chi connectivity index (χ3v) is 2.69. The van der Waals surface area contributed by atoms with Gasteiger partial charge < -0.3 is 13.1 Å². The van der Waals surface area contributed by atoms with E-state index in [0.29, 0.717) is 6.42 Å². The van der Waals surface area contributed by atoms with Crippen molar-refractivity contribution < 1.29 is 22.7 Å². The Labute approximate surface area is 122 Å². The summed E-state index contributed by atoms with van der Waals surface area (Å²) in [5, 5.41) is 17.3. The van der Waals surface area contributed by atoms with Crippen molar-refractivity contribution >= 4 is 35.0 Å². The molecule has 0 aliphatic heterocycles. The van der Waals surface area contributed by atoms with Crippen LogP contribution < -0.4 is 0 Å². The third-order valence-electron chi connectivity index (χ3n) is 2.69. The van der Waals surface area contributed by atoms with Crippen LogP contribution >= 0.6 is 0 Å². The Kier molecular flexibility index (Phi) is 13.6. The van der Waals surface area contributed by atoms with Crippen LogP contribution in [-0.2, 0) is 9.59 Å². The van der Waals surface area contributed by atoms with Crippen LogP contribution in [0.4, 0.5) is 0 Å². The minimum absolute atomic E-state index is 0. The van der Waals surface area contributed by atoms with Gasteiger partial charge in [0, 0.05) is 0 Å². The maximum Gasteiger partial charge on any atom is 2.00 e. The van der Waals surface area contributed by atoms with Gasteiger partial charge in [0.1, 0.15) is 0 Å². The largest absolute Gasteiger partial charge is 2.00 e. The molecular formula is C12H24MgO4. The number of unbranched alkanes of at least 4 members (excludes halogenated alkanes) is 6. The average Bonchev–Trinajstić information content (AvgIpc) is 2.21. The molecule has 0 bridgehead atoms. The van der Waals surface area contributed by atoms with Gasteiger partial charge in [-0.3, -0.25) is 9.59 Å². The first-order valence-corrected chi connectivity index (χ1v) is 6.05. The first-order chi connectivity index (χ1) is 7.59. The molecule has 0 radical (unpaired) electrons. The number of aliphatic carboxylic acids is 2. The Hall–Kier alpha value is -0.294. The zero-order chi connectivity index (χ0) is 12.4. The van der Waals surface area contributed by atoms with E-state index in [1.165, 1.54) is 25.7 Å². The predicted molar refractivity (Wildman–Crippen MR) is 69.3 cm³/mol. The Morgan fingerprint density at radius 2 is 1.35 bits per heavy atom. The number of hydrogen-bond donors (Lipinski definition) is 2. The maximum atomic E-state index is 10.6. The molecular weight excluding hydrogens is 232 g/mol. The van der Waals surface area contributed by atoms with Crippen LogP contribution in [0, 0.1) is 5.92 Å². The zero-order valence-electron chi connectivity index (χ0n) is 12.7. The van der Waals surface area contributed by atoms with Crippen LogP contribution in [-0.4, -0.2) is 45.2 Å². The molecule has 98 valence electrons. The van der Waals surface area contributed by atoms with Crippen molar-refractivity contribution in [1.82, 2.24) is 0 Å². The molecule has 4 nitrogen and oxygen atoms in total. The van der Waals surface area contributed by atoms with E-state index in [1.54, 1.807) is 0 Å². The van der Waals surface area contributed by atoms with Crippen molar-refractivity contribution in [2.45, 2.75) is 58.3 Å². The monoisotopic (exact) mass is 256 g/mol. The summed E-state index contributed by atoms with van der Waals surface area (Å²) < 4.78 is 0. The molecule has 0 atom stereocenters. The number of carboxylic acid groups (broad SMARTS) is 2. The number of carbonyl (C=O) groups is 2. The van der Waals surface area contributed by atoms with Gasteiger partial charge in [-0.05, 0) is 6.42 Å². The molecule has 0 saturated heterocycles. The minimum atomic E-state index is -1.23. The van der Waals surface area contributed by atoms with Gasteiger partial charge >= 0.3 is 35.0 Å². The summed E-state index contributed by atoms with van der Waals surface area (Å²) in [6.07, 6.45) is 7.78. The first kappa shape index (κ1) is 19.1. The fourth-order valence-corrected chi connectivity index (χ4v) is 1.66. The van der Waals surface area contributed by atoms with E-state index in [4.69, 9.17) is 10.2 Å². The average molecular weight is 257 g/mol. The number of carboxylic acids is 2. The smallest absolute Gasteiger partial charge is 1.00 e. The molecule has 0 aromatic heterocycles. The van der Waals surface area contributed by atoms with E-state index in [9.17, 15) is 9.59 Å². The molecule has 0 rings (SSSR count). The first-order valence-electron chi connectivity index (χ1n) is 6.05. The van der Waals surface area contributed by atoms with Crippen molar-refractivity contribution in [3.05, 3.63) is 0 Å². The normalized spacial score (nSPS) is 10.0. The summed E-state index contributed by atoms with van der Waals surface area (Å²) in [7, 11) is 0. The molecule has 0 unspecified atom stereocenters. The molecule has 0 aliphatic rings. The summed E-state index contributed by atoms with van der Waals surface area (Å²) in [4.78, 5) is 21.1. The van der Waals surface area contributed by atoms with E-state index in [-0.39, 0.29) is 32.3 Å². The van der Waals surface area contributed by atoms with Gasteiger partial charge in [-0.1, -0.05) is 51.9 Å². The van der Waals surface area contributed by atoms with Crippen LogP contribution in [0.15, 0.2) is 0 Å². The van der Waals surface area contributed by atoms with Gasteiger partial charge in [-0.15, -0.1) is 0 Å². The second-order valence-corrected chi connectivity index (χ2v) is 4.14. The SMILES string of the molecule is CCCCCCCCCC(C(=O)O)C(=O)O.[H-].[H-].[Mg+2]. The van der Waals surface area contributed by atoms with Crippen molar-refractivity contribution in [2.24, 2.45) is 5.92 Å². The Morgan fingerprint density at radius 3 is 1.76 bits per heavy atom. The second-order valence-electron chi connectivity index (χ2n) is 4.14.